The smallest absolute Gasteiger partial charge is 0.253 e. The molecule has 3 aromatic carbocycles. The first-order valence-electron chi connectivity index (χ1n) is 11.2. The zero-order valence-electron chi connectivity index (χ0n) is 19.5. The Balaban J connectivity index is 1.47. The lowest BCUT2D eigenvalue weighted by Crippen LogP contribution is -2.27. The Bertz CT molecular complexity index is 1090. The minimum atomic E-state index is -0.246. The number of para-hydroxylation sites is 2. The number of amides is 2. The quantitative estimate of drug-likeness (QED) is 0.388. The first-order chi connectivity index (χ1) is 16.6. The van der Waals surface area contributed by atoms with Crippen LogP contribution in [0, 0.1) is 0 Å². The van der Waals surface area contributed by atoms with Crippen molar-refractivity contribution in [2.45, 2.75) is 19.3 Å². The molecule has 7 nitrogen and oxygen atoms in total. The molecule has 2 amide bonds. The van der Waals surface area contributed by atoms with Crippen molar-refractivity contribution < 1.29 is 23.8 Å². The van der Waals surface area contributed by atoms with Gasteiger partial charge in [-0.05, 0) is 54.8 Å². The predicted molar refractivity (Wildman–Crippen MR) is 132 cm³/mol. The summed E-state index contributed by atoms with van der Waals surface area (Å²) in [5, 5.41) is 5.76. The molecule has 7 heteroatoms. The van der Waals surface area contributed by atoms with Crippen LogP contribution in [0.1, 0.15) is 28.8 Å². The molecule has 0 spiro atoms. The lowest BCUT2D eigenvalue weighted by atomic mass is 10.1. The van der Waals surface area contributed by atoms with Crippen molar-refractivity contribution in [1.82, 2.24) is 5.32 Å². The fourth-order valence-corrected chi connectivity index (χ4v) is 3.39. The van der Waals surface area contributed by atoms with Gasteiger partial charge in [0, 0.05) is 13.0 Å². The zero-order chi connectivity index (χ0) is 24.2. The summed E-state index contributed by atoms with van der Waals surface area (Å²) >= 11 is 0. The molecule has 178 valence electrons. The second kappa shape index (κ2) is 12.9. The molecule has 0 heterocycles. The molecule has 0 fully saturated rings. The number of anilines is 1. The second-order valence-corrected chi connectivity index (χ2v) is 7.55. The molecule has 0 atom stereocenters. The number of hydrogen-bond donors (Lipinski definition) is 2. The van der Waals surface area contributed by atoms with Crippen LogP contribution < -0.4 is 24.8 Å². The summed E-state index contributed by atoms with van der Waals surface area (Å²) in [6.45, 7) is 0.878. The van der Waals surface area contributed by atoms with E-state index in [0.717, 1.165) is 11.3 Å². The van der Waals surface area contributed by atoms with Crippen LogP contribution >= 0.6 is 0 Å². The van der Waals surface area contributed by atoms with Gasteiger partial charge in [0.15, 0.2) is 11.5 Å². The van der Waals surface area contributed by atoms with Crippen molar-refractivity contribution in [2.24, 2.45) is 0 Å². The van der Waals surface area contributed by atoms with Gasteiger partial charge in [0.1, 0.15) is 5.75 Å². The highest BCUT2D eigenvalue weighted by molar-refractivity contribution is 6.03. The molecule has 0 aliphatic carbocycles. The van der Waals surface area contributed by atoms with Crippen molar-refractivity contribution in [3.8, 4) is 17.2 Å². The highest BCUT2D eigenvalue weighted by Gasteiger charge is 2.13. The van der Waals surface area contributed by atoms with E-state index in [1.54, 1.807) is 38.5 Å². The number of benzene rings is 3. The minimum absolute atomic E-state index is 0.165. The third-order valence-corrected chi connectivity index (χ3v) is 5.15. The van der Waals surface area contributed by atoms with Crippen LogP contribution in [0.25, 0.3) is 0 Å². The van der Waals surface area contributed by atoms with Crippen molar-refractivity contribution in [1.29, 1.82) is 0 Å². The fraction of sp³-hybridized carbons (Fsp3) is 0.259. The number of rotatable bonds is 12. The third kappa shape index (κ3) is 7.27. The van der Waals surface area contributed by atoms with Gasteiger partial charge >= 0.3 is 0 Å². The number of nitrogens with one attached hydrogen (secondary N) is 2. The van der Waals surface area contributed by atoms with Gasteiger partial charge in [-0.25, -0.2) is 0 Å². The summed E-state index contributed by atoms with van der Waals surface area (Å²) in [5.74, 6) is 1.67. The van der Waals surface area contributed by atoms with Crippen molar-refractivity contribution in [3.05, 3.63) is 83.9 Å². The minimum Gasteiger partial charge on any atom is -0.494 e. The van der Waals surface area contributed by atoms with E-state index in [0.29, 0.717) is 55.2 Å². The number of methoxy groups -OCH3 is 2. The van der Waals surface area contributed by atoms with Gasteiger partial charge in [0.25, 0.3) is 5.91 Å². The van der Waals surface area contributed by atoms with Crippen LogP contribution in [0.15, 0.2) is 72.8 Å². The summed E-state index contributed by atoms with van der Waals surface area (Å²) < 4.78 is 16.2. The molecule has 3 aromatic rings. The molecular weight excluding hydrogens is 432 g/mol. The van der Waals surface area contributed by atoms with Crippen LogP contribution in [-0.4, -0.2) is 39.2 Å². The molecule has 0 unspecified atom stereocenters. The number of hydrogen-bond acceptors (Lipinski definition) is 5. The van der Waals surface area contributed by atoms with E-state index >= 15 is 0 Å². The Morgan fingerprint density at radius 2 is 1.59 bits per heavy atom. The Morgan fingerprint density at radius 1 is 0.853 bits per heavy atom. The zero-order valence-corrected chi connectivity index (χ0v) is 19.5. The van der Waals surface area contributed by atoms with E-state index in [1.807, 2.05) is 48.5 Å². The molecule has 0 saturated carbocycles. The summed E-state index contributed by atoms with van der Waals surface area (Å²) in [6.07, 6.45) is 1.49. The Hall–Kier alpha value is -4.00. The maximum absolute atomic E-state index is 12.8. The first-order valence-corrected chi connectivity index (χ1v) is 11.2. The van der Waals surface area contributed by atoms with E-state index < -0.39 is 0 Å². The van der Waals surface area contributed by atoms with E-state index in [9.17, 15) is 9.59 Å². The van der Waals surface area contributed by atoms with E-state index in [-0.39, 0.29) is 11.8 Å². The molecule has 0 aliphatic rings. The number of ether oxygens (including phenoxy) is 3. The highest BCUT2D eigenvalue weighted by Crippen LogP contribution is 2.27. The summed E-state index contributed by atoms with van der Waals surface area (Å²) in [7, 11) is 3.18. The standard InChI is InChI=1S/C27H30N2O5/c1-32-24-15-14-20(19-25(24)33-2)16-17-28-27(31)22-11-6-7-12-23(22)29-26(30)13-8-18-34-21-9-4-3-5-10-21/h3-7,9-12,14-15,19H,8,13,16-18H2,1-2H3,(H,28,31)(H,29,30). The largest absolute Gasteiger partial charge is 0.494 e. The topological polar surface area (TPSA) is 85.9 Å². The Labute approximate surface area is 200 Å². The average Bonchev–Trinajstić information content (AvgIpc) is 2.87. The van der Waals surface area contributed by atoms with Crippen molar-refractivity contribution in [2.75, 3.05) is 32.7 Å². The van der Waals surface area contributed by atoms with Gasteiger partial charge in [0.05, 0.1) is 32.1 Å². The van der Waals surface area contributed by atoms with Crippen LogP contribution in [0.5, 0.6) is 17.2 Å². The molecule has 0 aromatic heterocycles. The molecule has 0 bridgehead atoms. The number of carbonyl (C=O) groups is 2. The maximum atomic E-state index is 12.8. The number of carbonyl (C=O) groups excluding carboxylic acids is 2. The van der Waals surface area contributed by atoms with Gasteiger partial charge < -0.3 is 24.8 Å². The highest BCUT2D eigenvalue weighted by atomic mass is 16.5. The third-order valence-electron chi connectivity index (χ3n) is 5.15. The lowest BCUT2D eigenvalue weighted by Gasteiger charge is -2.12. The van der Waals surface area contributed by atoms with Gasteiger partial charge in [-0.2, -0.15) is 0 Å². The van der Waals surface area contributed by atoms with E-state index in [1.165, 1.54) is 0 Å². The van der Waals surface area contributed by atoms with Crippen LogP contribution in [0.4, 0.5) is 5.69 Å². The predicted octanol–water partition coefficient (Wildman–Crippen LogP) is 4.47. The van der Waals surface area contributed by atoms with Crippen LogP contribution in [-0.2, 0) is 11.2 Å². The average molecular weight is 463 g/mol. The lowest BCUT2D eigenvalue weighted by molar-refractivity contribution is -0.116. The monoisotopic (exact) mass is 462 g/mol. The molecular formula is C27H30N2O5. The summed E-state index contributed by atoms with van der Waals surface area (Å²) in [5.41, 5.74) is 1.92. The Kier molecular flexibility index (Phi) is 9.34. The fourth-order valence-electron chi connectivity index (χ4n) is 3.39. The van der Waals surface area contributed by atoms with Gasteiger partial charge in [-0.15, -0.1) is 0 Å². The van der Waals surface area contributed by atoms with Crippen LogP contribution in [0.3, 0.4) is 0 Å². The summed E-state index contributed by atoms with van der Waals surface area (Å²) in [6, 6.07) is 22.1. The Morgan fingerprint density at radius 3 is 2.35 bits per heavy atom. The van der Waals surface area contributed by atoms with Gasteiger partial charge in [-0.1, -0.05) is 36.4 Å². The van der Waals surface area contributed by atoms with E-state index in [2.05, 4.69) is 10.6 Å². The second-order valence-electron chi connectivity index (χ2n) is 7.55. The van der Waals surface area contributed by atoms with Crippen molar-refractivity contribution in [3.63, 3.8) is 0 Å². The normalized spacial score (nSPS) is 10.3. The maximum Gasteiger partial charge on any atom is 0.253 e. The molecule has 0 saturated heterocycles. The van der Waals surface area contributed by atoms with E-state index in [4.69, 9.17) is 14.2 Å². The first kappa shape index (κ1) is 24.6. The SMILES string of the molecule is COc1ccc(CCNC(=O)c2ccccc2NC(=O)CCCOc2ccccc2)cc1OC. The molecule has 3 rings (SSSR count). The van der Waals surface area contributed by atoms with Crippen molar-refractivity contribution >= 4 is 17.5 Å². The molecule has 2 N–H and O–H groups in total. The van der Waals surface area contributed by atoms with Gasteiger partial charge in [0.2, 0.25) is 5.91 Å². The molecule has 0 radical (unpaired) electrons. The summed E-state index contributed by atoms with van der Waals surface area (Å²) in [4.78, 5) is 25.1. The van der Waals surface area contributed by atoms with Crippen LogP contribution in [0.2, 0.25) is 0 Å². The van der Waals surface area contributed by atoms with Gasteiger partial charge in [-0.3, -0.25) is 9.59 Å². The molecule has 0 aliphatic heterocycles. The molecule has 34 heavy (non-hydrogen) atoms.